The van der Waals surface area contributed by atoms with E-state index in [0.29, 0.717) is 17.8 Å². The Kier molecular flexibility index (Phi) is 7.26. The lowest BCUT2D eigenvalue weighted by Gasteiger charge is -2.11. The summed E-state index contributed by atoms with van der Waals surface area (Å²) in [5.41, 5.74) is 0.932. The molecule has 0 radical (unpaired) electrons. The second-order valence-electron chi connectivity index (χ2n) is 6.09. The van der Waals surface area contributed by atoms with Crippen LogP contribution in [0, 0.1) is 0 Å². The molecule has 0 aliphatic heterocycles. The van der Waals surface area contributed by atoms with Crippen molar-refractivity contribution in [3.63, 3.8) is 0 Å². The number of aromatic nitrogens is 1. The zero-order valence-corrected chi connectivity index (χ0v) is 15.8. The van der Waals surface area contributed by atoms with Gasteiger partial charge in [0.15, 0.2) is 0 Å². The van der Waals surface area contributed by atoms with Gasteiger partial charge in [-0.25, -0.2) is 13.1 Å². The largest absolute Gasteiger partial charge is 0.352 e. The van der Waals surface area contributed by atoms with Crippen molar-refractivity contribution < 1.29 is 13.2 Å². The Morgan fingerprint density at radius 1 is 1.15 bits per heavy atom. The molecule has 1 aromatic heterocycles. The predicted octanol–water partition coefficient (Wildman–Crippen LogP) is 1.24. The SMILES string of the molecule is CN(C)CCCNC(=O)c1cccc(S(=O)(=O)NCc2ccccn2)c1. The number of benzene rings is 1. The summed E-state index contributed by atoms with van der Waals surface area (Å²) in [6, 6.07) is 11.3. The summed E-state index contributed by atoms with van der Waals surface area (Å²) < 4.78 is 27.4. The maximum atomic E-state index is 12.4. The Bertz CT molecular complexity index is 823. The average molecular weight is 376 g/mol. The van der Waals surface area contributed by atoms with E-state index in [9.17, 15) is 13.2 Å². The van der Waals surface area contributed by atoms with Crippen LogP contribution in [0.3, 0.4) is 0 Å². The van der Waals surface area contributed by atoms with E-state index in [1.54, 1.807) is 36.5 Å². The molecule has 8 heteroatoms. The minimum atomic E-state index is -3.73. The van der Waals surface area contributed by atoms with Gasteiger partial charge in [0.25, 0.3) is 5.91 Å². The van der Waals surface area contributed by atoms with Gasteiger partial charge in [-0.2, -0.15) is 0 Å². The third-order valence-electron chi connectivity index (χ3n) is 3.64. The minimum Gasteiger partial charge on any atom is -0.352 e. The summed E-state index contributed by atoms with van der Waals surface area (Å²) in [6.07, 6.45) is 2.42. The molecule has 0 bridgehead atoms. The van der Waals surface area contributed by atoms with Gasteiger partial charge in [-0.1, -0.05) is 12.1 Å². The maximum Gasteiger partial charge on any atom is 0.251 e. The molecule has 0 saturated carbocycles. The standard InChI is InChI=1S/C18H24N4O3S/c1-22(2)12-6-11-20-18(23)15-7-5-9-17(13-15)26(24,25)21-14-16-8-3-4-10-19-16/h3-5,7-10,13,21H,6,11-12,14H2,1-2H3,(H,20,23). The number of carbonyl (C=O) groups excluding carboxylic acids is 1. The van der Waals surface area contributed by atoms with Crippen molar-refractivity contribution in [2.75, 3.05) is 27.2 Å². The van der Waals surface area contributed by atoms with Crippen LogP contribution in [0.2, 0.25) is 0 Å². The van der Waals surface area contributed by atoms with E-state index in [-0.39, 0.29) is 17.3 Å². The van der Waals surface area contributed by atoms with Gasteiger partial charge in [0, 0.05) is 18.3 Å². The Balaban J connectivity index is 1.99. The highest BCUT2D eigenvalue weighted by Crippen LogP contribution is 2.12. The molecule has 7 nitrogen and oxygen atoms in total. The van der Waals surface area contributed by atoms with E-state index < -0.39 is 10.0 Å². The summed E-state index contributed by atoms with van der Waals surface area (Å²) >= 11 is 0. The lowest BCUT2D eigenvalue weighted by atomic mass is 10.2. The van der Waals surface area contributed by atoms with E-state index in [1.807, 2.05) is 19.0 Å². The molecule has 1 heterocycles. The number of nitrogens with one attached hydrogen (secondary N) is 2. The molecule has 2 rings (SSSR count). The van der Waals surface area contributed by atoms with Crippen molar-refractivity contribution in [2.45, 2.75) is 17.9 Å². The van der Waals surface area contributed by atoms with Gasteiger partial charge in [0.05, 0.1) is 17.1 Å². The second-order valence-corrected chi connectivity index (χ2v) is 7.85. The topological polar surface area (TPSA) is 91.4 Å². The van der Waals surface area contributed by atoms with Gasteiger partial charge in [0.1, 0.15) is 0 Å². The van der Waals surface area contributed by atoms with Crippen LogP contribution in [0.25, 0.3) is 0 Å². The molecule has 1 amide bonds. The van der Waals surface area contributed by atoms with Crippen molar-refractivity contribution in [3.8, 4) is 0 Å². The zero-order chi connectivity index (χ0) is 19.0. The van der Waals surface area contributed by atoms with Crippen molar-refractivity contribution in [2.24, 2.45) is 0 Å². The average Bonchev–Trinajstić information content (AvgIpc) is 2.64. The van der Waals surface area contributed by atoms with E-state index in [4.69, 9.17) is 0 Å². The highest BCUT2D eigenvalue weighted by molar-refractivity contribution is 7.89. The van der Waals surface area contributed by atoms with E-state index in [2.05, 4.69) is 15.0 Å². The maximum absolute atomic E-state index is 12.4. The van der Waals surface area contributed by atoms with Crippen LogP contribution < -0.4 is 10.0 Å². The first kappa shape index (κ1) is 20.0. The van der Waals surface area contributed by atoms with Gasteiger partial charge in [-0.3, -0.25) is 9.78 Å². The highest BCUT2D eigenvalue weighted by atomic mass is 32.2. The Labute approximate surface area is 154 Å². The molecule has 0 fully saturated rings. The molecular formula is C18H24N4O3S. The summed E-state index contributed by atoms with van der Waals surface area (Å²) in [5, 5.41) is 2.80. The Morgan fingerprint density at radius 3 is 2.65 bits per heavy atom. The quantitative estimate of drug-likeness (QED) is 0.643. The van der Waals surface area contributed by atoms with Crippen LogP contribution in [-0.4, -0.2) is 51.4 Å². The van der Waals surface area contributed by atoms with Crippen molar-refractivity contribution in [3.05, 3.63) is 59.9 Å². The summed E-state index contributed by atoms with van der Waals surface area (Å²) in [4.78, 5) is 18.4. The fourth-order valence-corrected chi connectivity index (χ4v) is 3.30. The molecule has 140 valence electrons. The van der Waals surface area contributed by atoms with Crippen LogP contribution in [0.5, 0.6) is 0 Å². The molecule has 2 N–H and O–H groups in total. The molecule has 0 spiro atoms. The van der Waals surface area contributed by atoms with Crippen LogP contribution >= 0.6 is 0 Å². The summed E-state index contributed by atoms with van der Waals surface area (Å²) in [5.74, 6) is -0.287. The molecule has 26 heavy (non-hydrogen) atoms. The first-order valence-corrected chi connectivity index (χ1v) is 9.79. The number of hydrogen-bond acceptors (Lipinski definition) is 5. The fourth-order valence-electron chi connectivity index (χ4n) is 2.26. The van der Waals surface area contributed by atoms with Gasteiger partial charge in [0.2, 0.25) is 10.0 Å². The van der Waals surface area contributed by atoms with Crippen molar-refractivity contribution >= 4 is 15.9 Å². The predicted molar refractivity (Wildman–Crippen MR) is 100 cm³/mol. The zero-order valence-electron chi connectivity index (χ0n) is 15.0. The van der Waals surface area contributed by atoms with Gasteiger partial charge < -0.3 is 10.2 Å². The monoisotopic (exact) mass is 376 g/mol. The number of sulfonamides is 1. The number of nitrogens with zero attached hydrogens (tertiary/aromatic N) is 2. The number of pyridine rings is 1. The normalized spacial score (nSPS) is 11.5. The van der Waals surface area contributed by atoms with Crippen molar-refractivity contribution in [1.29, 1.82) is 0 Å². The molecule has 0 unspecified atom stereocenters. The molecule has 0 saturated heterocycles. The third-order valence-corrected chi connectivity index (χ3v) is 5.04. The van der Waals surface area contributed by atoms with Crippen LogP contribution in [-0.2, 0) is 16.6 Å². The summed E-state index contributed by atoms with van der Waals surface area (Å²) in [7, 11) is 0.205. The number of amides is 1. The number of carbonyl (C=O) groups is 1. The molecule has 0 aliphatic rings. The van der Waals surface area contributed by atoms with Gasteiger partial charge in [-0.05, 0) is 57.4 Å². The fraction of sp³-hybridized carbons (Fsp3) is 0.333. The third kappa shape index (κ3) is 6.21. The second kappa shape index (κ2) is 9.42. The number of rotatable bonds is 9. The minimum absolute atomic E-state index is 0.0503. The van der Waals surface area contributed by atoms with Crippen molar-refractivity contribution in [1.82, 2.24) is 19.9 Å². The molecule has 2 aromatic rings. The van der Waals surface area contributed by atoms with Gasteiger partial charge in [-0.15, -0.1) is 0 Å². The first-order chi connectivity index (χ1) is 12.4. The van der Waals surface area contributed by atoms with Gasteiger partial charge >= 0.3 is 0 Å². The first-order valence-electron chi connectivity index (χ1n) is 8.31. The van der Waals surface area contributed by atoms with Crippen LogP contribution in [0.15, 0.2) is 53.6 Å². The van der Waals surface area contributed by atoms with E-state index >= 15 is 0 Å². The van der Waals surface area contributed by atoms with Crippen LogP contribution in [0.4, 0.5) is 0 Å². The van der Waals surface area contributed by atoms with Crippen LogP contribution in [0.1, 0.15) is 22.5 Å². The summed E-state index contributed by atoms with van der Waals surface area (Å²) in [6.45, 7) is 1.49. The lowest BCUT2D eigenvalue weighted by Crippen LogP contribution is -2.28. The number of hydrogen-bond donors (Lipinski definition) is 2. The Morgan fingerprint density at radius 2 is 1.96 bits per heavy atom. The molecule has 0 aliphatic carbocycles. The molecular weight excluding hydrogens is 352 g/mol. The highest BCUT2D eigenvalue weighted by Gasteiger charge is 2.16. The Hall–Kier alpha value is -2.29. The molecule has 1 aromatic carbocycles. The molecule has 0 atom stereocenters. The van der Waals surface area contributed by atoms with E-state index in [0.717, 1.165) is 13.0 Å². The lowest BCUT2D eigenvalue weighted by molar-refractivity contribution is 0.0952. The smallest absolute Gasteiger partial charge is 0.251 e. The van der Waals surface area contributed by atoms with E-state index in [1.165, 1.54) is 12.1 Å².